The summed E-state index contributed by atoms with van der Waals surface area (Å²) >= 11 is 0. The Morgan fingerprint density at radius 3 is 2.48 bits per heavy atom. The van der Waals surface area contributed by atoms with Gasteiger partial charge in [-0.25, -0.2) is 4.79 Å². The second kappa shape index (κ2) is 8.20. The number of rotatable bonds is 4. The standard InChI is InChI=1S/C18H27N5O2/c19-18(25)20-13-17(24)23-8-4-7-16(14-23)22-11-9-21(10-12-22)15-5-2-1-3-6-15/h1-3,5-6,16H,4,7-14H2,(H3,19,20,25)/t16-/m0/s1. The quantitative estimate of drug-likeness (QED) is 0.831. The van der Waals surface area contributed by atoms with E-state index in [0.29, 0.717) is 6.04 Å². The van der Waals surface area contributed by atoms with Crippen LogP contribution in [0.1, 0.15) is 12.8 Å². The molecule has 25 heavy (non-hydrogen) atoms. The van der Waals surface area contributed by atoms with Crippen LogP contribution in [0.5, 0.6) is 0 Å². The van der Waals surface area contributed by atoms with Crippen molar-refractivity contribution in [3.8, 4) is 0 Å². The maximum atomic E-state index is 12.2. The molecule has 136 valence electrons. The SMILES string of the molecule is NC(=O)NCC(=O)N1CCC[C@H](N2CCN(c3ccccc3)CC2)C1. The topological polar surface area (TPSA) is 81.9 Å². The van der Waals surface area contributed by atoms with Crippen LogP contribution < -0.4 is 16.0 Å². The molecule has 1 aromatic rings. The number of urea groups is 1. The van der Waals surface area contributed by atoms with Crippen LogP contribution in [0.15, 0.2) is 30.3 Å². The maximum Gasteiger partial charge on any atom is 0.312 e. The van der Waals surface area contributed by atoms with Crippen molar-refractivity contribution < 1.29 is 9.59 Å². The molecule has 7 heteroatoms. The Kier molecular flexibility index (Phi) is 5.75. The van der Waals surface area contributed by atoms with Gasteiger partial charge in [0.05, 0.1) is 6.54 Å². The number of carbonyl (C=O) groups excluding carboxylic acids is 2. The molecule has 3 N–H and O–H groups in total. The Morgan fingerprint density at radius 2 is 1.80 bits per heavy atom. The van der Waals surface area contributed by atoms with E-state index in [4.69, 9.17) is 5.73 Å². The molecule has 0 aliphatic carbocycles. The summed E-state index contributed by atoms with van der Waals surface area (Å²) < 4.78 is 0. The van der Waals surface area contributed by atoms with E-state index in [0.717, 1.165) is 52.1 Å². The predicted molar refractivity (Wildman–Crippen MR) is 97.4 cm³/mol. The Morgan fingerprint density at radius 1 is 1.08 bits per heavy atom. The number of nitrogens with zero attached hydrogens (tertiary/aromatic N) is 3. The van der Waals surface area contributed by atoms with Crippen molar-refractivity contribution in [2.75, 3.05) is 50.7 Å². The van der Waals surface area contributed by atoms with E-state index in [1.807, 2.05) is 11.0 Å². The molecule has 2 heterocycles. The Hall–Kier alpha value is -2.28. The third-order valence-electron chi connectivity index (χ3n) is 5.12. The smallest absolute Gasteiger partial charge is 0.312 e. The van der Waals surface area contributed by atoms with Gasteiger partial charge in [0, 0.05) is 51.0 Å². The van der Waals surface area contributed by atoms with Crippen molar-refractivity contribution in [3.05, 3.63) is 30.3 Å². The number of para-hydroxylation sites is 1. The second-order valence-corrected chi connectivity index (χ2v) is 6.71. The molecule has 7 nitrogen and oxygen atoms in total. The van der Waals surface area contributed by atoms with Crippen LogP contribution in [-0.2, 0) is 4.79 Å². The molecule has 0 spiro atoms. The van der Waals surface area contributed by atoms with Gasteiger partial charge in [0.2, 0.25) is 5.91 Å². The van der Waals surface area contributed by atoms with E-state index in [9.17, 15) is 9.59 Å². The van der Waals surface area contributed by atoms with Gasteiger partial charge in [0.25, 0.3) is 0 Å². The van der Waals surface area contributed by atoms with Crippen molar-refractivity contribution in [1.29, 1.82) is 0 Å². The number of piperazine rings is 1. The van der Waals surface area contributed by atoms with Crippen LogP contribution in [0.3, 0.4) is 0 Å². The van der Waals surface area contributed by atoms with Crippen LogP contribution in [-0.4, -0.2) is 73.6 Å². The number of primary amides is 1. The highest BCUT2D eigenvalue weighted by Crippen LogP contribution is 2.20. The van der Waals surface area contributed by atoms with Gasteiger partial charge in [-0.05, 0) is 25.0 Å². The fraction of sp³-hybridized carbons (Fsp3) is 0.556. The van der Waals surface area contributed by atoms with E-state index < -0.39 is 6.03 Å². The highest BCUT2D eigenvalue weighted by atomic mass is 16.2. The summed E-state index contributed by atoms with van der Waals surface area (Å²) in [7, 11) is 0. The van der Waals surface area contributed by atoms with Gasteiger partial charge in [-0.15, -0.1) is 0 Å². The number of carbonyl (C=O) groups is 2. The third-order valence-corrected chi connectivity index (χ3v) is 5.12. The minimum atomic E-state index is -0.654. The first kappa shape index (κ1) is 17.5. The summed E-state index contributed by atoms with van der Waals surface area (Å²) in [5, 5.41) is 2.39. The maximum absolute atomic E-state index is 12.2. The fourth-order valence-corrected chi connectivity index (χ4v) is 3.74. The van der Waals surface area contributed by atoms with Crippen LogP contribution in [0.4, 0.5) is 10.5 Å². The van der Waals surface area contributed by atoms with Crippen LogP contribution >= 0.6 is 0 Å². The van der Waals surface area contributed by atoms with Crippen molar-refractivity contribution in [3.63, 3.8) is 0 Å². The number of hydrogen-bond acceptors (Lipinski definition) is 4. The van der Waals surface area contributed by atoms with Gasteiger partial charge in [-0.1, -0.05) is 18.2 Å². The molecule has 0 unspecified atom stereocenters. The van der Waals surface area contributed by atoms with Crippen molar-refractivity contribution in [2.45, 2.75) is 18.9 Å². The van der Waals surface area contributed by atoms with Crippen molar-refractivity contribution >= 4 is 17.6 Å². The van der Waals surface area contributed by atoms with E-state index >= 15 is 0 Å². The normalized spacial score (nSPS) is 21.8. The van der Waals surface area contributed by atoms with E-state index in [2.05, 4.69) is 39.4 Å². The number of likely N-dealkylation sites (tertiary alicyclic amines) is 1. The monoisotopic (exact) mass is 345 g/mol. The van der Waals surface area contributed by atoms with Crippen molar-refractivity contribution in [1.82, 2.24) is 15.1 Å². The molecule has 0 bridgehead atoms. The first-order valence-corrected chi connectivity index (χ1v) is 8.98. The molecule has 2 aliphatic heterocycles. The molecule has 1 atom stereocenters. The second-order valence-electron chi connectivity index (χ2n) is 6.71. The molecular formula is C18H27N5O2. The molecule has 2 saturated heterocycles. The summed E-state index contributed by atoms with van der Waals surface area (Å²) in [6.07, 6.45) is 2.13. The lowest BCUT2D eigenvalue weighted by atomic mass is 10.0. The number of anilines is 1. The summed E-state index contributed by atoms with van der Waals surface area (Å²) in [5.74, 6) is -0.0496. The molecule has 3 rings (SSSR count). The number of benzene rings is 1. The summed E-state index contributed by atoms with van der Waals surface area (Å²) in [6, 6.07) is 10.3. The molecule has 0 saturated carbocycles. The number of hydrogen-bond donors (Lipinski definition) is 2. The fourth-order valence-electron chi connectivity index (χ4n) is 3.74. The zero-order valence-electron chi connectivity index (χ0n) is 14.6. The number of piperidine rings is 1. The lowest BCUT2D eigenvalue weighted by molar-refractivity contribution is -0.132. The number of nitrogens with one attached hydrogen (secondary N) is 1. The highest BCUT2D eigenvalue weighted by molar-refractivity contribution is 5.83. The van der Waals surface area contributed by atoms with E-state index in [-0.39, 0.29) is 12.5 Å². The largest absolute Gasteiger partial charge is 0.369 e. The predicted octanol–water partition coefficient (Wildman–Crippen LogP) is 0.468. The minimum absolute atomic E-state index is 0.0101. The van der Waals surface area contributed by atoms with Gasteiger partial charge in [0.1, 0.15) is 0 Å². The number of amides is 3. The third kappa shape index (κ3) is 4.63. The zero-order valence-corrected chi connectivity index (χ0v) is 14.6. The molecule has 2 fully saturated rings. The van der Waals surface area contributed by atoms with Crippen molar-refractivity contribution in [2.24, 2.45) is 5.73 Å². The average Bonchev–Trinajstić information content (AvgIpc) is 2.67. The Labute approximate surface area is 148 Å². The van der Waals surface area contributed by atoms with Gasteiger partial charge < -0.3 is 20.9 Å². The molecular weight excluding hydrogens is 318 g/mol. The minimum Gasteiger partial charge on any atom is -0.369 e. The molecule has 3 amide bonds. The van der Waals surface area contributed by atoms with Gasteiger partial charge >= 0.3 is 6.03 Å². The van der Waals surface area contributed by atoms with E-state index in [1.165, 1.54) is 5.69 Å². The molecule has 2 aliphatic rings. The van der Waals surface area contributed by atoms with Gasteiger partial charge in [-0.3, -0.25) is 9.69 Å². The first-order valence-electron chi connectivity index (χ1n) is 8.98. The van der Waals surface area contributed by atoms with Crippen LogP contribution in [0.25, 0.3) is 0 Å². The van der Waals surface area contributed by atoms with E-state index in [1.54, 1.807) is 0 Å². The summed E-state index contributed by atoms with van der Waals surface area (Å²) in [6.45, 7) is 5.55. The summed E-state index contributed by atoms with van der Waals surface area (Å²) in [5.41, 5.74) is 6.32. The zero-order chi connectivity index (χ0) is 17.6. The number of nitrogens with two attached hydrogens (primary N) is 1. The average molecular weight is 345 g/mol. The highest BCUT2D eigenvalue weighted by Gasteiger charge is 2.29. The lowest BCUT2D eigenvalue weighted by Gasteiger charge is -2.44. The lowest BCUT2D eigenvalue weighted by Crippen LogP contribution is -2.56. The molecule has 0 aromatic heterocycles. The van der Waals surface area contributed by atoms with Crippen LogP contribution in [0, 0.1) is 0 Å². The van der Waals surface area contributed by atoms with Gasteiger partial charge in [0.15, 0.2) is 0 Å². The van der Waals surface area contributed by atoms with Crippen LogP contribution in [0.2, 0.25) is 0 Å². The Bertz CT molecular complexity index is 586. The molecule has 1 aromatic carbocycles. The Balaban J connectivity index is 1.49. The van der Waals surface area contributed by atoms with Gasteiger partial charge in [-0.2, -0.15) is 0 Å². The first-order chi connectivity index (χ1) is 12.1. The summed E-state index contributed by atoms with van der Waals surface area (Å²) in [4.78, 5) is 29.7. The molecule has 0 radical (unpaired) electrons.